The van der Waals surface area contributed by atoms with Crippen LogP contribution in [0.1, 0.15) is 37.1 Å². The summed E-state index contributed by atoms with van der Waals surface area (Å²) in [4.78, 5) is 4.55. The van der Waals surface area contributed by atoms with Crippen LogP contribution in [0.2, 0.25) is 0 Å². The Morgan fingerprint density at radius 1 is 1.17 bits per heavy atom. The summed E-state index contributed by atoms with van der Waals surface area (Å²) >= 11 is 0. The van der Waals surface area contributed by atoms with Crippen molar-refractivity contribution in [1.29, 1.82) is 0 Å². The van der Waals surface area contributed by atoms with Gasteiger partial charge in [0, 0.05) is 17.1 Å². The van der Waals surface area contributed by atoms with Crippen molar-refractivity contribution in [2.75, 3.05) is 6.54 Å². The van der Waals surface area contributed by atoms with Crippen LogP contribution < -0.4 is 5.32 Å². The Balaban J connectivity index is 1.91. The van der Waals surface area contributed by atoms with Gasteiger partial charge in [0.1, 0.15) is 0 Å². The predicted octanol–water partition coefficient (Wildman–Crippen LogP) is 3.60. The van der Waals surface area contributed by atoms with Crippen LogP contribution in [0.15, 0.2) is 30.3 Å². The summed E-state index contributed by atoms with van der Waals surface area (Å²) in [6.07, 6.45) is 2.56. The van der Waals surface area contributed by atoms with Crippen LogP contribution in [-0.4, -0.2) is 11.5 Å². The van der Waals surface area contributed by atoms with Crippen molar-refractivity contribution in [2.24, 2.45) is 5.92 Å². The predicted molar refractivity (Wildman–Crippen MR) is 75.6 cm³/mol. The van der Waals surface area contributed by atoms with E-state index >= 15 is 0 Å². The average molecular weight is 240 g/mol. The van der Waals surface area contributed by atoms with E-state index in [4.69, 9.17) is 0 Å². The summed E-state index contributed by atoms with van der Waals surface area (Å²) in [5, 5.41) is 4.89. The van der Waals surface area contributed by atoms with Crippen molar-refractivity contribution in [1.82, 2.24) is 10.3 Å². The first kappa shape index (κ1) is 11.7. The molecule has 3 rings (SSSR count). The number of fused-ring (bicyclic) bond motifs is 1. The molecule has 0 saturated carbocycles. The van der Waals surface area contributed by atoms with Gasteiger partial charge in [-0.25, -0.2) is 0 Å². The highest BCUT2D eigenvalue weighted by atomic mass is 14.9. The van der Waals surface area contributed by atoms with Crippen molar-refractivity contribution in [3.05, 3.63) is 41.6 Å². The highest BCUT2D eigenvalue weighted by Crippen LogP contribution is 2.27. The standard InChI is InChI=1S/C16H20N2/c1-11-3-7-15(17-10-11)13-6-8-16-14(9-13)5-4-12(2)18-16/h4-6,8-9,11,15,17H,3,7,10H2,1-2H3/t11-,15+/m0/s1. The van der Waals surface area contributed by atoms with Crippen molar-refractivity contribution < 1.29 is 0 Å². The third-order valence-electron chi connectivity index (χ3n) is 3.92. The molecular weight excluding hydrogens is 220 g/mol. The zero-order valence-corrected chi connectivity index (χ0v) is 11.1. The molecule has 1 fully saturated rings. The SMILES string of the molecule is Cc1ccc2cc([C@H]3CC[C@H](C)CN3)ccc2n1. The van der Waals surface area contributed by atoms with Crippen LogP contribution in [-0.2, 0) is 0 Å². The number of pyridine rings is 1. The summed E-state index contributed by atoms with van der Waals surface area (Å²) in [5.74, 6) is 0.811. The number of nitrogens with one attached hydrogen (secondary N) is 1. The minimum atomic E-state index is 0.520. The molecular formula is C16H20N2. The van der Waals surface area contributed by atoms with Crippen molar-refractivity contribution in [2.45, 2.75) is 32.7 Å². The summed E-state index contributed by atoms with van der Waals surface area (Å²) in [6, 6.07) is 11.4. The second kappa shape index (κ2) is 4.69. The molecule has 2 aromatic rings. The molecule has 1 aromatic carbocycles. The first-order chi connectivity index (χ1) is 8.72. The van der Waals surface area contributed by atoms with E-state index in [0.29, 0.717) is 6.04 Å². The largest absolute Gasteiger partial charge is 0.310 e. The normalized spacial score (nSPS) is 24.3. The van der Waals surface area contributed by atoms with Crippen LogP contribution in [0.5, 0.6) is 0 Å². The van der Waals surface area contributed by atoms with Gasteiger partial charge in [0.15, 0.2) is 0 Å². The van der Waals surface area contributed by atoms with E-state index in [-0.39, 0.29) is 0 Å². The van der Waals surface area contributed by atoms with Gasteiger partial charge >= 0.3 is 0 Å². The number of nitrogens with zero attached hydrogens (tertiary/aromatic N) is 1. The smallest absolute Gasteiger partial charge is 0.0705 e. The molecule has 1 aliphatic heterocycles. The first-order valence-electron chi connectivity index (χ1n) is 6.83. The van der Waals surface area contributed by atoms with E-state index in [1.54, 1.807) is 0 Å². The molecule has 94 valence electrons. The summed E-state index contributed by atoms with van der Waals surface area (Å²) in [6.45, 7) is 5.49. The Bertz CT molecular complexity index is 554. The third-order valence-corrected chi connectivity index (χ3v) is 3.92. The fourth-order valence-electron chi connectivity index (χ4n) is 2.75. The van der Waals surface area contributed by atoms with E-state index in [0.717, 1.165) is 23.7 Å². The van der Waals surface area contributed by atoms with E-state index in [1.807, 2.05) is 6.92 Å². The van der Waals surface area contributed by atoms with Crippen molar-refractivity contribution in [3.63, 3.8) is 0 Å². The Kier molecular flexibility index (Phi) is 3.04. The van der Waals surface area contributed by atoms with E-state index in [2.05, 4.69) is 47.6 Å². The average Bonchev–Trinajstić information content (AvgIpc) is 2.39. The van der Waals surface area contributed by atoms with Crippen molar-refractivity contribution in [3.8, 4) is 0 Å². The van der Waals surface area contributed by atoms with E-state index < -0.39 is 0 Å². The topological polar surface area (TPSA) is 24.9 Å². The zero-order valence-electron chi connectivity index (χ0n) is 11.1. The minimum Gasteiger partial charge on any atom is -0.310 e. The maximum atomic E-state index is 4.55. The maximum Gasteiger partial charge on any atom is 0.0705 e. The van der Waals surface area contributed by atoms with E-state index in [9.17, 15) is 0 Å². The molecule has 2 atom stereocenters. The second-order valence-corrected chi connectivity index (χ2v) is 5.55. The van der Waals surface area contributed by atoms with Gasteiger partial charge in [0.2, 0.25) is 0 Å². The summed E-state index contributed by atoms with van der Waals surface area (Å²) < 4.78 is 0. The second-order valence-electron chi connectivity index (χ2n) is 5.55. The molecule has 2 heteroatoms. The lowest BCUT2D eigenvalue weighted by molar-refractivity contribution is 0.333. The number of hydrogen-bond acceptors (Lipinski definition) is 2. The molecule has 1 aliphatic rings. The molecule has 18 heavy (non-hydrogen) atoms. The Morgan fingerprint density at radius 2 is 2.06 bits per heavy atom. The fraction of sp³-hybridized carbons (Fsp3) is 0.438. The monoisotopic (exact) mass is 240 g/mol. The van der Waals surface area contributed by atoms with Crippen molar-refractivity contribution >= 4 is 10.9 Å². The molecule has 2 nitrogen and oxygen atoms in total. The zero-order chi connectivity index (χ0) is 12.5. The number of benzene rings is 1. The van der Waals surface area contributed by atoms with Gasteiger partial charge in [0.25, 0.3) is 0 Å². The van der Waals surface area contributed by atoms with Gasteiger partial charge in [-0.05, 0) is 56.0 Å². The van der Waals surface area contributed by atoms with Crippen LogP contribution in [0.3, 0.4) is 0 Å². The minimum absolute atomic E-state index is 0.520. The van der Waals surface area contributed by atoms with Crippen LogP contribution in [0, 0.1) is 12.8 Å². The highest BCUT2D eigenvalue weighted by Gasteiger charge is 2.18. The highest BCUT2D eigenvalue weighted by molar-refractivity contribution is 5.79. The van der Waals surface area contributed by atoms with Gasteiger partial charge in [-0.2, -0.15) is 0 Å². The molecule has 2 heterocycles. The molecule has 1 aromatic heterocycles. The lowest BCUT2D eigenvalue weighted by atomic mass is 9.91. The third kappa shape index (κ3) is 2.25. The van der Waals surface area contributed by atoms with Gasteiger partial charge < -0.3 is 5.32 Å². The summed E-state index contributed by atoms with van der Waals surface area (Å²) in [7, 11) is 0. The Hall–Kier alpha value is -1.41. The Labute approximate surface area is 108 Å². The molecule has 0 amide bonds. The lowest BCUT2D eigenvalue weighted by Gasteiger charge is -2.28. The molecule has 0 aliphatic carbocycles. The van der Waals surface area contributed by atoms with Crippen LogP contribution in [0.4, 0.5) is 0 Å². The van der Waals surface area contributed by atoms with Gasteiger partial charge in [-0.1, -0.05) is 19.1 Å². The molecule has 0 unspecified atom stereocenters. The van der Waals surface area contributed by atoms with E-state index in [1.165, 1.54) is 23.8 Å². The van der Waals surface area contributed by atoms with Crippen LogP contribution in [0.25, 0.3) is 10.9 Å². The first-order valence-corrected chi connectivity index (χ1v) is 6.83. The van der Waals surface area contributed by atoms with Gasteiger partial charge in [0.05, 0.1) is 5.52 Å². The van der Waals surface area contributed by atoms with Gasteiger partial charge in [-0.3, -0.25) is 4.98 Å². The lowest BCUT2D eigenvalue weighted by Crippen LogP contribution is -2.31. The molecule has 1 N–H and O–H groups in total. The number of rotatable bonds is 1. The Morgan fingerprint density at radius 3 is 2.83 bits per heavy atom. The molecule has 0 bridgehead atoms. The van der Waals surface area contributed by atoms with Crippen LogP contribution >= 0.6 is 0 Å². The number of aryl methyl sites for hydroxylation is 1. The number of aromatic nitrogens is 1. The molecule has 1 saturated heterocycles. The van der Waals surface area contributed by atoms with Gasteiger partial charge in [-0.15, -0.1) is 0 Å². The summed E-state index contributed by atoms with van der Waals surface area (Å²) in [5.41, 5.74) is 3.59. The molecule has 0 radical (unpaired) electrons. The fourth-order valence-corrected chi connectivity index (χ4v) is 2.75. The number of hydrogen-bond donors (Lipinski definition) is 1. The quantitative estimate of drug-likeness (QED) is 0.823. The number of piperidine rings is 1. The maximum absolute atomic E-state index is 4.55. The molecule has 0 spiro atoms.